The fourth-order valence-electron chi connectivity index (χ4n) is 4.24. The highest BCUT2D eigenvalue weighted by Crippen LogP contribution is 2.40. The van der Waals surface area contributed by atoms with E-state index in [1.165, 1.54) is 0 Å². The first-order valence-electron chi connectivity index (χ1n) is 12.9. The fraction of sp³-hybridized carbons (Fsp3) is 0.885. The first-order valence-corrected chi connectivity index (χ1v) is 12.9. The maximum absolute atomic E-state index is 12.1. The summed E-state index contributed by atoms with van der Waals surface area (Å²) >= 11 is 0. The van der Waals surface area contributed by atoms with Gasteiger partial charge in [-0.3, -0.25) is 4.79 Å². The van der Waals surface area contributed by atoms with Crippen LogP contribution in [0.4, 0.5) is 4.79 Å². The lowest BCUT2D eigenvalue weighted by atomic mass is 9.67. The number of amides is 2. The normalized spacial score (nSPS) is 18.2. The number of ether oxygens (including phenoxy) is 1. The van der Waals surface area contributed by atoms with E-state index in [0.29, 0.717) is 6.54 Å². The predicted octanol–water partition coefficient (Wildman–Crippen LogP) is 5.38. The minimum absolute atomic E-state index is 0.0315. The molecule has 2 amide bonds. The molecule has 0 saturated carbocycles. The lowest BCUT2D eigenvalue weighted by Gasteiger charge is -2.46. The molecule has 9 nitrogen and oxygen atoms in total. The number of nitrogens with one attached hydrogen (secondary N) is 3. The van der Waals surface area contributed by atoms with Gasteiger partial charge in [0.15, 0.2) is 0 Å². The maximum atomic E-state index is 12.1. The minimum Gasteiger partial charge on any atom is -0.444 e. The summed E-state index contributed by atoms with van der Waals surface area (Å²) < 4.78 is 17.6. The van der Waals surface area contributed by atoms with Crippen LogP contribution in [0.25, 0.3) is 0 Å². The van der Waals surface area contributed by atoms with Crippen LogP contribution in [0.3, 0.4) is 0 Å². The van der Waals surface area contributed by atoms with Gasteiger partial charge in [0.2, 0.25) is 12.0 Å². The van der Waals surface area contributed by atoms with Crippen molar-refractivity contribution in [3.05, 3.63) is 0 Å². The molecular formula is C26H50BN3O6. The monoisotopic (exact) mass is 511 g/mol. The van der Waals surface area contributed by atoms with E-state index in [-0.39, 0.29) is 35.2 Å². The Morgan fingerprint density at radius 1 is 0.944 bits per heavy atom. The minimum atomic E-state index is -0.521. The Balaban J connectivity index is 0.00000387. The molecule has 1 fully saturated rings. The zero-order valence-electron chi connectivity index (χ0n) is 24.5. The molecule has 0 aromatic rings. The summed E-state index contributed by atoms with van der Waals surface area (Å²) in [7, 11) is -0.196. The number of hydrogen-bond donors (Lipinski definition) is 3. The topological polar surface area (TPSA) is 127 Å². The van der Waals surface area contributed by atoms with E-state index in [1.807, 2.05) is 20.8 Å². The molecular weight excluding hydrogens is 461 g/mol. The quantitative estimate of drug-likeness (QED) is 0.157. The molecule has 0 bridgehead atoms. The Morgan fingerprint density at radius 2 is 1.42 bits per heavy atom. The lowest BCUT2D eigenvalue weighted by Crippen LogP contribution is -2.57. The average Bonchev–Trinajstić information content (AvgIpc) is 2.86. The molecule has 1 unspecified atom stereocenters. The largest absolute Gasteiger partial charge is 0.457 e. The Hall–Kier alpha value is -1.90. The van der Waals surface area contributed by atoms with Crippen molar-refractivity contribution in [3.8, 4) is 0 Å². The number of hydrogen-bond acceptors (Lipinski definition) is 7. The summed E-state index contributed by atoms with van der Waals surface area (Å²) in [5, 5.41) is 11.5. The lowest BCUT2D eigenvalue weighted by molar-refractivity contribution is -0.122. The molecule has 1 atom stereocenters. The fourth-order valence-corrected chi connectivity index (χ4v) is 4.24. The predicted molar refractivity (Wildman–Crippen MR) is 143 cm³/mol. The molecule has 0 aromatic heterocycles. The molecule has 0 aliphatic carbocycles. The Labute approximate surface area is 218 Å². The van der Waals surface area contributed by atoms with Crippen LogP contribution >= 0.6 is 0 Å². The molecule has 1 aliphatic rings. The third-order valence-electron chi connectivity index (χ3n) is 6.89. The van der Waals surface area contributed by atoms with Gasteiger partial charge in [0, 0.05) is 19.0 Å². The van der Waals surface area contributed by atoms with Gasteiger partial charge in [0.25, 0.3) is 0 Å². The second kappa shape index (κ2) is 13.6. The van der Waals surface area contributed by atoms with Crippen LogP contribution in [-0.4, -0.2) is 54.1 Å². The molecule has 1 aliphatic heterocycles. The second-order valence-corrected chi connectivity index (χ2v) is 12.6. The number of alkyl carbamates (subject to hydrolysis) is 1. The van der Waals surface area contributed by atoms with Crippen LogP contribution in [-0.2, 0) is 23.6 Å². The summed E-state index contributed by atoms with van der Waals surface area (Å²) in [6.07, 6.45) is 5.42. The molecule has 36 heavy (non-hydrogen) atoms. The highest BCUT2D eigenvalue weighted by atomic mass is 16.7. The van der Waals surface area contributed by atoms with Crippen LogP contribution in [0.5, 0.6) is 0 Å². The van der Waals surface area contributed by atoms with Gasteiger partial charge < -0.3 is 24.7 Å². The SMILES string of the molecule is CC(=O)NC(CCCCB1OC(C)(C)C(C)(C)O1)(CCCNC(=O)OC(C)(C)C)C(C)(C)C.N=C=O. The first-order chi connectivity index (χ1) is 16.2. The molecule has 10 heteroatoms. The Bertz CT molecular complexity index is 736. The van der Waals surface area contributed by atoms with E-state index in [9.17, 15) is 9.59 Å². The van der Waals surface area contributed by atoms with E-state index < -0.39 is 11.7 Å². The molecule has 208 valence electrons. The summed E-state index contributed by atoms with van der Waals surface area (Å²) in [6, 6.07) is 0. The standard InChI is InChI=1S/C25H49BN2O5.CHNO/c1-19(29)28-25(21(2,3)4,16-14-18-27-20(30)31-22(5,6)7)15-12-13-17-26-32-23(8,9)24(10,11)33-26;2-1-3/h12-18H2,1-11H3,(H,27,30)(H,28,29);2H. The van der Waals surface area contributed by atoms with Gasteiger partial charge >= 0.3 is 13.2 Å². The van der Waals surface area contributed by atoms with E-state index in [2.05, 4.69) is 59.1 Å². The number of unbranched alkanes of at least 4 members (excludes halogenated alkanes) is 1. The highest BCUT2D eigenvalue weighted by molar-refractivity contribution is 6.45. The van der Waals surface area contributed by atoms with E-state index in [0.717, 1.165) is 44.5 Å². The van der Waals surface area contributed by atoms with Crippen LogP contribution in [0.2, 0.25) is 6.32 Å². The van der Waals surface area contributed by atoms with E-state index in [4.69, 9.17) is 24.2 Å². The summed E-state index contributed by atoms with van der Waals surface area (Å²) in [5.74, 6) is -0.0315. The van der Waals surface area contributed by atoms with Crippen LogP contribution < -0.4 is 10.6 Å². The van der Waals surface area contributed by atoms with Crippen molar-refractivity contribution in [1.29, 1.82) is 5.41 Å². The van der Waals surface area contributed by atoms with Gasteiger partial charge in [-0.05, 0) is 79.5 Å². The van der Waals surface area contributed by atoms with Crippen molar-refractivity contribution < 1.29 is 28.4 Å². The number of rotatable bonds is 10. The molecule has 0 aromatic carbocycles. The Morgan fingerprint density at radius 3 is 1.83 bits per heavy atom. The Kier molecular flexibility index (Phi) is 12.9. The summed E-state index contributed by atoms with van der Waals surface area (Å²) in [5.41, 5.74) is -1.67. The third-order valence-corrected chi connectivity index (χ3v) is 6.89. The molecule has 1 rings (SSSR count). The summed E-state index contributed by atoms with van der Waals surface area (Å²) in [4.78, 5) is 32.5. The van der Waals surface area contributed by atoms with Crippen LogP contribution in [0, 0.1) is 10.8 Å². The zero-order chi connectivity index (χ0) is 28.4. The maximum Gasteiger partial charge on any atom is 0.457 e. The second-order valence-electron chi connectivity index (χ2n) is 12.6. The smallest absolute Gasteiger partial charge is 0.444 e. The third kappa shape index (κ3) is 11.4. The van der Waals surface area contributed by atoms with Gasteiger partial charge in [-0.25, -0.2) is 15.0 Å². The van der Waals surface area contributed by atoms with Gasteiger partial charge in [0.05, 0.1) is 11.2 Å². The molecule has 3 N–H and O–H groups in total. The van der Waals surface area contributed by atoms with Crippen molar-refractivity contribution in [1.82, 2.24) is 10.6 Å². The van der Waals surface area contributed by atoms with Crippen molar-refractivity contribution >= 4 is 25.2 Å². The van der Waals surface area contributed by atoms with Gasteiger partial charge in [-0.1, -0.05) is 33.6 Å². The average molecular weight is 512 g/mol. The van der Waals surface area contributed by atoms with E-state index >= 15 is 0 Å². The van der Waals surface area contributed by atoms with Gasteiger partial charge in [0.1, 0.15) is 5.60 Å². The van der Waals surface area contributed by atoms with Crippen LogP contribution in [0.15, 0.2) is 0 Å². The molecule has 1 heterocycles. The van der Waals surface area contributed by atoms with Crippen molar-refractivity contribution in [2.45, 2.75) is 137 Å². The molecule has 1 saturated heterocycles. The van der Waals surface area contributed by atoms with Crippen molar-refractivity contribution in [2.24, 2.45) is 5.41 Å². The number of isocyanates is 1. The first kappa shape index (κ1) is 34.1. The van der Waals surface area contributed by atoms with E-state index in [1.54, 1.807) is 6.92 Å². The van der Waals surface area contributed by atoms with Gasteiger partial charge in [-0.2, -0.15) is 0 Å². The number of carbonyl (C=O) groups is 2. The van der Waals surface area contributed by atoms with Crippen molar-refractivity contribution in [2.75, 3.05) is 6.54 Å². The zero-order valence-corrected chi connectivity index (χ0v) is 24.5. The van der Waals surface area contributed by atoms with Crippen molar-refractivity contribution in [3.63, 3.8) is 0 Å². The molecule has 0 radical (unpaired) electrons. The molecule has 0 spiro atoms. The summed E-state index contributed by atoms with van der Waals surface area (Å²) in [6.45, 7) is 22.4. The highest BCUT2D eigenvalue weighted by Gasteiger charge is 2.50. The van der Waals surface area contributed by atoms with Crippen LogP contribution in [0.1, 0.15) is 108 Å². The number of carbonyl (C=O) groups excluding carboxylic acids is 3. The van der Waals surface area contributed by atoms with Gasteiger partial charge in [-0.15, -0.1) is 0 Å².